The van der Waals surface area contributed by atoms with Crippen LogP contribution < -0.4 is 23.8 Å². The van der Waals surface area contributed by atoms with Gasteiger partial charge in [-0.1, -0.05) is 12.1 Å². The molecule has 0 spiro atoms. The summed E-state index contributed by atoms with van der Waals surface area (Å²) >= 11 is 11.8. The molecule has 0 aliphatic rings. The van der Waals surface area contributed by atoms with Gasteiger partial charge in [0, 0.05) is 75.8 Å². The van der Waals surface area contributed by atoms with Crippen molar-refractivity contribution in [3.63, 3.8) is 0 Å². The summed E-state index contributed by atoms with van der Waals surface area (Å²) < 4.78 is 122. The molecular formula is C32H46Cl2N4O17S9. The third-order valence-corrected chi connectivity index (χ3v) is 12.3. The second-order valence-electron chi connectivity index (χ2n) is 11.1. The molecule has 4 aromatic rings. The molecule has 32 heteroatoms. The monoisotopic (exact) mass is 1120 g/mol. The molecule has 0 saturated heterocycles. The second-order valence-corrected chi connectivity index (χ2v) is 22.8. The SMILES string of the molecule is CC#N.CS(=O)(=O)c1cc([N+](=O)[O-])cc(S(C)(=O)=O)c1.CS(=O)(=O)c1cc([NH3+])cc(S(C)(=O)=O)c1.CSc1cccc(SC)c1.Cl.O=S(=O)(O)O.ONOO.Sc1cccc(S)c1.[Cl-]. The highest BCUT2D eigenvalue weighted by molar-refractivity contribution is 7.99. The molecule has 8 N–H and O–H groups in total. The minimum absolute atomic E-state index is 0. The van der Waals surface area contributed by atoms with Gasteiger partial charge in [0.05, 0.1) is 30.6 Å². The van der Waals surface area contributed by atoms with Gasteiger partial charge >= 0.3 is 10.4 Å². The average molecular weight is 1120 g/mol. The number of rotatable bonds is 8. The Morgan fingerprint density at radius 1 is 0.688 bits per heavy atom. The molecule has 4 aromatic carbocycles. The van der Waals surface area contributed by atoms with Gasteiger partial charge in [-0.15, -0.1) is 66.2 Å². The summed E-state index contributed by atoms with van der Waals surface area (Å²) in [6, 6.07) is 24.3. The Morgan fingerprint density at radius 2 is 0.953 bits per heavy atom. The van der Waals surface area contributed by atoms with E-state index in [0.29, 0.717) is 5.69 Å². The number of sulfone groups is 4. The quantitative estimate of drug-likeness (QED) is 0.0311. The first-order chi connectivity index (χ1) is 28.1. The summed E-state index contributed by atoms with van der Waals surface area (Å²) in [6.45, 7) is 1.43. The van der Waals surface area contributed by atoms with Crippen LogP contribution in [-0.2, 0) is 54.7 Å². The summed E-state index contributed by atoms with van der Waals surface area (Å²) in [6.07, 6.45) is 7.93. The number of nitro benzene ring substituents is 1. The van der Waals surface area contributed by atoms with Crippen molar-refractivity contribution in [3.05, 3.63) is 95.0 Å². The zero-order valence-corrected chi connectivity index (χ0v) is 43.4. The van der Waals surface area contributed by atoms with Gasteiger partial charge in [0.15, 0.2) is 39.3 Å². The molecule has 0 amide bonds. The van der Waals surface area contributed by atoms with Crippen LogP contribution in [-0.4, -0.2) is 104 Å². The molecule has 0 saturated carbocycles. The third-order valence-electron chi connectivity index (χ3n) is 5.88. The molecule has 0 heterocycles. The van der Waals surface area contributed by atoms with Crippen LogP contribution in [0.2, 0.25) is 0 Å². The maximum absolute atomic E-state index is 11.3. The summed E-state index contributed by atoms with van der Waals surface area (Å²) in [5.41, 5.74) is 4.31. The van der Waals surface area contributed by atoms with E-state index in [2.05, 4.69) is 72.8 Å². The minimum Gasteiger partial charge on any atom is -1.00 e. The standard InChI is InChI=1S/C8H9NO6S2.C8H11NO4S2.C8H10S2.C6H6S2.C2H3N.2ClH.H3NO3.H2O4S/c1-16(12,13)7-3-6(9(10)11)4-8(5-7)17(2,14)15;1-14(10,11)7-3-6(9)4-8(5-7)15(2,12)13;1-9-7-4-3-5-8(6-7)10-2;7-5-2-1-3-6(8)4-5;1-2-3;;;2-1-4-3;1-5(2,3)4/h3-5H,1-2H3;3-5H,9H2,1-2H3;3-6H,1-2H3;1-4,7-8H;1H3;2*1H;1-3H;(H2,1,2,3,4). The number of halogens is 2. The van der Waals surface area contributed by atoms with Crippen molar-refractivity contribution in [2.45, 2.75) is 46.1 Å². The second kappa shape index (κ2) is 33.7. The topological polar surface area (TPSA) is 367 Å². The highest BCUT2D eigenvalue weighted by Crippen LogP contribution is 2.24. The Morgan fingerprint density at radius 3 is 1.16 bits per heavy atom. The summed E-state index contributed by atoms with van der Waals surface area (Å²) in [5.74, 6) is 0. The third kappa shape index (κ3) is 36.4. The minimum atomic E-state index is -4.67. The van der Waals surface area contributed by atoms with E-state index in [9.17, 15) is 43.8 Å². The van der Waals surface area contributed by atoms with Crippen LogP contribution in [0.25, 0.3) is 0 Å². The predicted molar refractivity (Wildman–Crippen MR) is 247 cm³/mol. The van der Waals surface area contributed by atoms with Crippen molar-refractivity contribution < 1.29 is 89.7 Å². The molecule has 0 aromatic heterocycles. The van der Waals surface area contributed by atoms with Crippen molar-refractivity contribution in [2.75, 3.05) is 37.5 Å². The molecular weight excluding hydrogens is 1070 g/mol. The molecule has 0 aliphatic heterocycles. The van der Waals surface area contributed by atoms with Crippen LogP contribution >= 0.6 is 61.2 Å². The number of nitrogens with zero attached hydrogens (tertiary/aromatic N) is 2. The number of nitro groups is 1. The number of hydrogen-bond acceptors (Lipinski definition) is 21. The Labute approximate surface area is 404 Å². The lowest BCUT2D eigenvalue weighted by Crippen LogP contribution is -3.00. The van der Waals surface area contributed by atoms with E-state index in [1.807, 2.05) is 24.3 Å². The van der Waals surface area contributed by atoms with Crippen LogP contribution in [0.4, 0.5) is 11.4 Å². The fourth-order valence-corrected chi connectivity index (χ4v) is 7.83. The largest absolute Gasteiger partial charge is 1.00 e. The van der Waals surface area contributed by atoms with Gasteiger partial charge in [0.2, 0.25) is 0 Å². The van der Waals surface area contributed by atoms with Crippen LogP contribution in [0.3, 0.4) is 0 Å². The molecule has 0 fully saturated rings. The maximum atomic E-state index is 11.3. The first-order valence-electron chi connectivity index (χ1n) is 15.5. The molecule has 64 heavy (non-hydrogen) atoms. The van der Waals surface area contributed by atoms with Crippen molar-refractivity contribution in [2.24, 2.45) is 0 Å². The van der Waals surface area contributed by atoms with Gasteiger partial charge in [-0.25, -0.2) is 38.9 Å². The van der Waals surface area contributed by atoms with Crippen molar-refractivity contribution in [3.8, 4) is 6.07 Å². The summed E-state index contributed by atoms with van der Waals surface area (Å²) in [4.78, 5) is 16.3. The lowest BCUT2D eigenvalue weighted by Gasteiger charge is -2.02. The smallest absolute Gasteiger partial charge is 0.394 e. The predicted octanol–water partition coefficient (Wildman–Crippen LogP) is 1.84. The van der Waals surface area contributed by atoms with Gasteiger partial charge in [-0.3, -0.25) is 24.4 Å². The lowest BCUT2D eigenvalue weighted by atomic mass is 10.3. The molecule has 21 nitrogen and oxygen atoms in total. The molecule has 0 radical (unpaired) electrons. The highest BCUT2D eigenvalue weighted by Gasteiger charge is 2.20. The number of quaternary nitrogens is 1. The Kier molecular flexibility index (Phi) is 36.9. The maximum Gasteiger partial charge on any atom is 0.394 e. The first kappa shape index (κ1) is 70.2. The van der Waals surface area contributed by atoms with Crippen molar-refractivity contribution in [1.29, 1.82) is 5.26 Å². The number of hydrogen-bond donors (Lipinski definition) is 8. The van der Waals surface area contributed by atoms with Crippen LogP contribution in [0.1, 0.15) is 6.92 Å². The number of benzene rings is 4. The van der Waals surface area contributed by atoms with Gasteiger partial charge < -0.3 is 18.1 Å². The fraction of sp³-hybridized carbons (Fsp3) is 0.219. The van der Waals surface area contributed by atoms with Crippen LogP contribution in [0.5, 0.6) is 0 Å². The van der Waals surface area contributed by atoms with E-state index >= 15 is 0 Å². The van der Waals surface area contributed by atoms with E-state index in [-0.39, 0.29) is 34.6 Å². The number of thioether (sulfide) groups is 2. The zero-order chi connectivity index (χ0) is 49.3. The van der Waals surface area contributed by atoms with E-state index in [4.69, 9.17) is 33.2 Å². The van der Waals surface area contributed by atoms with Crippen LogP contribution in [0.15, 0.2) is 124 Å². The molecule has 4 rings (SSSR count). The number of nitriles is 1. The van der Waals surface area contributed by atoms with E-state index in [0.717, 1.165) is 64.7 Å². The van der Waals surface area contributed by atoms with Crippen molar-refractivity contribution >= 4 is 122 Å². The fourth-order valence-electron chi connectivity index (χ4n) is 3.37. The molecule has 0 atom stereocenters. The normalized spacial score (nSPS) is 10.5. The van der Waals surface area contributed by atoms with Gasteiger partial charge in [0.1, 0.15) is 5.69 Å². The highest BCUT2D eigenvalue weighted by atomic mass is 35.5. The Balaban J connectivity index is -0.000000225. The summed E-state index contributed by atoms with van der Waals surface area (Å²) in [5, 5.41) is 32.1. The van der Waals surface area contributed by atoms with E-state index in [1.165, 1.54) is 28.8 Å². The average Bonchev–Trinajstić information content (AvgIpc) is 3.13. The van der Waals surface area contributed by atoms with Gasteiger partial charge in [0.25, 0.3) is 5.69 Å². The lowest BCUT2D eigenvalue weighted by molar-refractivity contribution is -0.385. The van der Waals surface area contributed by atoms with Gasteiger partial charge in [-0.05, 0) is 66.7 Å². The summed E-state index contributed by atoms with van der Waals surface area (Å²) in [7, 11) is -18.9. The zero-order valence-electron chi connectivity index (χ0n) is 34.3. The molecule has 0 unspecified atom stereocenters. The molecule has 364 valence electrons. The Bertz CT molecular complexity index is 2530. The molecule has 0 aliphatic carbocycles. The van der Waals surface area contributed by atoms with E-state index < -0.39 is 70.1 Å². The van der Waals surface area contributed by atoms with E-state index in [1.54, 1.807) is 29.6 Å². The van der Waals surface area contributed by atoms with Crippen molar-refractivity contribution in [1.82, 2.24) is 5.64 Å². The number of non-ortho nitro benzene ring substituents is 1. The van der Waals surface area contributed by atoms with Gasteiger partial charge in [-0.2, -0.15) is 13.7 Å². The first-order valence-corrected chi connectivity index (χ1v) is 27.8. The Hall–Kier alpha value is -2.78. The number of nitrogens with one attached hydrogen (secondary N) is 1. The number of thiol groups is 2. The molecule has 0 bridgehead atoms. The van der Waals surface area contributed by atoms with Crippen LogP contribution in [0, 0.1) is 21.4 Å².